The van der Waals surface area contributed by atoms with Crippen molar-refractivity contribution >= 4 is 0 Å². The number of hydrogen-bond donors (Lipinski definition) is 1. The Morgan fingerprint density at radius 1 is 1.28 bits per heavy atom. The van der Waals surface area contributed by atoms with Gasteiger partial charge in [-0.25, -0.2) is 0 Å². The van der Waals surface area contributed by atoms with Crippen molar-refractivity contribution in [1.29, 1.82) is 0 Å². The average Bonchev–Trinajstić information content (AvgIpc) is 2.28. The van der Waals surface area contributed by atoms with E-state index in [1.54, 1.807) is 6.92 Å². The summed E-state index contributed by atoms with van der Waals surface area (Å²) >= 11 is 0. The molecule has 0 bridgehead atoms. The Hall–Kier alpha value is -1.07. The molecule has 0 aliphatic carbocycles. The van der Waals surface area contributed by atoms with E-state index in [9.17, 15) is 18.3 Å². The summed E-state index contributed by atoms with van der Waals surface area (Å²) < 4.78 is 43.1. The van der Waals surface area contributed by atoms with Crippen LogP contribution in [0.4, 0.5) is 13.2 Å². The molecule has 1 rings (SSSR count). The SMILES string of the molecule is COCC(C)C(O)Cc1ccccc1C(F)(F)F. The van der Waals surface area contributed by atoms with Crippen LogP contribution in [0.1, 0.15) is 18.1 Å². The minimum absolute atomic E-state index is 0.0276. The number of benzene rings is 1. The van der Waals surface area contributed by atoms with Crippen molar-refractivity contribution in [2.45, 2.75) is 25.6 Å². The molecule has 2 unspecified atom stereocenters. The van der Waals surface area contributed by atoms with Gasteiger partial charge in [0.15, 0.2) is 0 Å². The first kappa shape index (κ1) is 15.0. The van der Waals surface area contributed by atoms with Gasteiger partial charge in [-0.1, -0.05) is 25.1 Å². The Bertz CT molecular complexity index is 377. The molecular formula is C13H17F3O2. The van der Waals surface area contributed by atoms with Gasteiger partial charge < -0.3 is 9.84 Å². The second-order valence-electron chi connectivity index (χ2n) is 4.36. The topological polar surface area (TPSA) is 29.5 Å². The molecule has 0 saturated carbocycles. The van der Waals surface area contributed by atoms with Crippen molar-refractivity contribution in [2.75, 3.05) is 13.7 Å². The number of aliphatic hydroxyl groups excluding tert-OH is 1. The first-order valence-electron chi connectivity index (χ1n) is 5.68. The molecule has 0 aromatic heterocycles. The summed E-state index contributed by atoms with van der Waals surface area (Å²) in [4.78, 5) is 0. The van der Waals surface area contributed by atoms with E-state index in [2.05, 4.69) is 0 Å². The summed E-state index contributed by atoms with van der Waals surface area (Å²) in [6.07, 6.45) is -5.27. The molecule has 1 aromatic rings. The summed E-state index contributed by atoms with van der Waals surface area (Å²) in [6, 6.07) is 5.31. The molecule has 1 aromatic carbocycles. The molecule has 2 nitrogen and oxygen atoms in total. The molecule has 0 aliphatic rings. The minimum Gasteiger partial charge on any atom is -0.392 e. The normalized spacial score (nSPS) is 15.4. The van der Waals surface area contributed by atoms with Gasteiger partial charge in [0.25, 0.3) is 0 Å². The molecule has 0 fully saturated rings. The largest absolute Gasteiger partial charge is 0.416 e. The molecule has 0 amide bonds. The number of methoxy groups -OCH3 is 1. The predicted octanol–water partition coefficient (Wildman–Crippen LogP) is 2.89. The van der Waals surface area contributed by atoms with Crippen LogP contribution in [0.15, 0.2) is 24.3 Å². The van der Waals surface area contributed by atoms with E-state index in [0.717, 1.165) is 6.07 Å². The lowest BCUT2D eigenvalue weighted by molar-refractivity contribution is -0.138. The molecule has 5 heteroatoms. The molecule has 0 heterocycles. The van der Waals surface area contributed by atoms with Gasteiger partial charge in [-0.15, -0.1) is 0 Å². The second-order valence-corrected chi connectivity index (χ2v) is 4.36. The van der Waals surface area contributed by atoms with Crippen molar-refractivity contribution in [3.8, 4) is 0 Å². The van der Waals surface area contributed by atoms with Crippen LogP contribution in [0.25, 0.3) is 0 Å². The fraction of sp³-hybridized carbons (Fsp3) is 0.538. The number of ether oxygens (including phenoxy) is 1. The summed E-state index contributed by atoms with van der Waals surface area (Å²) in [5.74, 6) is -0.212. The summed E-state index contributed by atoms with van der Waals surface area (Å²) in [7, 11) is 1.49. The van der Waals surface area contributed by atoms with Gasteiger partial charge in [0.05, 0.1) is 18.3 Å². The second kappa shape index (κ2) is 6.20. The maximum absolute atomic E-state index is 12.7. The van der Waals surface area contributed by atoms with Crippen LogP contribution in [-0.2, 0) is 17.3 Å². The summed E-state index contributed by atoms with van der Waals surface area (Å²) in [5, 5.41) is 9.85. The Morgan fingerprint density at radius 3 is 2.44 bits per heavy atom. The summed E-state index contributed by atoms with van der Waals surface area (Å²) in [5.41, 5.74) is -0.575. The predicted molar refractivity (Wildman–Crippen MR) is 62.2 cm³/mol. The van der Waals surface area contributed by atoms with E-state index in [-0.39, 0.29) is 17.9 Å². The quantitative estimate of drug-likeness (QED) is 0.884. The number of hydrogen-bond acceptors (Lipinski definition) is 2. The third-order valence-electron chi connectivity index (χ3n) is 2.84. The molecule has 0 spiro atoms. The Labute approximate surface area is 104 Å². The zero-order valence-corrected chi connectivity index (χ0v) is 10.4. The maximum atomic E-state index is 12.7. The zero-order valence-electron chi connectivity index (χ0n) is 10.4. The molecule has 1 N–H and O–H groups in total. The highest BCUT2D eigenvalue weighted by Gasteiger charge is 2.33. The Kier molecular flexibility index (Phi) is 5.16. The van der Waals surface area contributed by atoms with Gasteiger partial charge in [0, 0.05) is 13.0 Å². The van der Waals surface area contributed by atoms with Crippen LogP contribution in [0.2, 0.25) is 0 Å². The highest BCUT2D eigenvalue weighted by molar-refractivity contribution is 5.30. The lowest BCUT2D eigenvalue weighted by Gasteiger charge is -2.20. The average molecular weight is 262 g/mol. The third-order valence-corrected chi connectivity index (χ3v) is 2.84. The van der Waals surface area contributed by atoms with E-state index in [1.165, 1.54) is 25.3 Å². The molecule has 18 heavy (non-hydrogen) atoms. The van der Waals surface area contributed by atoms with Gasteiger partial charge in [-0.3, -0.25) is 0 Å². The highest BCUT2D eigenvalue weighted by Crippen LogP contribution is 2.32. The maximum Gasteiger partial charge on any atom is 0.416 e. The van der Waals surface area contributed by atoms with Crippen LogP contribution in [0.5, 0.6) is 0 Å². The van der Waals surface area contributed by atoms with E-state index in [0.29, 0.717) is 6.61 Å². The molecule has 0 radical (unpaired) electrons. The van der Waals surface area contributed by atoms with Crippen molar-refractivity contribution in [3.63, 3.8) is 0 Å². The molecule has 0 aliphatic heterocycles. The minimum atomic E-state index is -4.39. The first-order valence-corrected chi connectivity index (χ1v) is 5.68. The fourth-order valence-corrected chi connectivity index (χ4v) is 1.78. The van der Waals surface area contributed by atoms with E-state index in [4.69, 9.17) is 4.74 Å². The van der Waals surface area contributed by atoms with Crippen LogP contribution in [0, 0.1) is 5.92 Å². The van der Waals surface area contributed by atoms with E-state index in [1.807, 2.05) is 0 Å². The first-order chi connectivity index (χ1) is 8.36. The van der Waals surface area contributed by atoms with Crippen LogP contribution >= 0.6 is 0 Å². The molecule has 102 valence electrons. The summed E-state index contributed by atoms with van der Waals surface area (Å²) in [6.45, 7) is 2.06. The number of alkyl halides is 3. The van der Waals surface area contributed by atoms with Crippen molar-refractivity contribution in [1.82, 2.24) is 0 Å². The standard InChI is InChI=1S/C13H17F3O2/c1-9(8-18-2)12(17)7-10-5-3-4-6-11(10)13(14,15)16/h3-6,9,12,17H,7-8H2,1-2H3. The smallest absolute Gasteiger partial charge is 0.392 e. The highest BCUT2D eigenvalue weighted by atomic mass is 19.4. The lowest BCUT2D eigenvalue weighted by Crippen LogP contribution is -2.25. The van der Waals surface area contributed by atoms with Crippen LogP contribution in [0.3, 0.4) is 0 Å². The van der Waals surface area contributed by atoms with Gasteiger partial charge in [0.2, 0.25) is 0 Å². The molecule has 2 atom stereocenters. The van der Waals surface area contributed by atoms with Gasteiger partial charge in [0.1, 0.15) is 0 Å². The van der Waals surface area contributed by atoms with Crippen LogP contribution < -0.4 is 0 Å². The fourth-order valence-electron chi connectivity index (χ4n) is 1.78. The molecule has 0 saturated heterocycles. The monoisotopic (exact) mass is 262 g/mol. The Morgan fingerprint density at radius 2 is 1.89 bits per heavy atom. The van der Waals surface area contributed by atoms with Crippen LogP contribution in [-0.4, -0.2) is 24.9 Å². The van der Waals surface area contributed by atoms with Gasteiger partial charge in [-0.2, -0.15) is 13.2 Å². The van der Waals surface area contributed by atoms with Crippen molar-refractivity contribution in [2.24, 2.45) is 5.92 Å². The zero-order chi connectivity index (χ0) is 13.8. The van der Waals surface area contributed by atoms with E-state index < -0.39 is 17.8 Å². The van der Waals surface area contributed by atoms with E-state index >= 15 is 0 Å². The van der Waals surface area contributed by atoms with Gasteiger partial charge >= 0.3 is 6.18 Å². The Balaban J connectivity index is 2.85. The number of halogens is 3. The number of rotatable bonds is 5. The number of aliphatic hydroxyl groups is 1. The molecular weight excluding hydrogens is 245 g/mol. The van der Waals surface area contributed by atoms with Crippen molar-refractivity contribution in [3.05, 3.63) is 35.4 Å². The third kappa shape index (κ3) is 3.99. The van der Waals surface area contributed by atoms with Crippen molar-refractivity contribution < 1.29 is 23.0 Å². The lowest BCUT2D eigenvalue weighted by atomic mass is 9.95. The van der Waals surface area contributed by atoms with Gasteiger partial charge in [-0.05, 0) is 18.1 Å².